The van der Waals surface area contributed by atoms with Crippen molar-refractivity contribution in [1.29, 1.82) is 0 Å². The lowest BCUT2D eigenvalue weighted by molar-refractivity contribution is 0.745. The highest BCUT2D eigenvalue weighted by Crippen LogP contribution is 2.50. The summed E-state index contributed by atoms with van der Waals surface area (Å²) < 4.78 is 0. The zero-order valence-corrected chi connectivity index (χ0v) is 34.1. The van der Waals surface area contributed by atoms with Gasteiger partial charge in [-0.2, -0.15) is 0 Å². The first-order valence-corrected chi connectivity index (χ1v) is 22.3. The Morgan fingerprint density at radius 1 is 0.690 bits per heavy atom. The fraction of sp³-hybridized carbons (Fsp3) is 0.107. The third kappa shape index (κ3) is 6.60. The number of hydrogen-bond acceptors (Lipinski definition) is 1. The maximum absolute atomic E-state index is 4.64. The molecule has 0 bridgehead atoms. The smallest absolute Gasteiger partial charge is 0.0739 e. The molecule has 0 saturated carbocycles. The summed E-state index contributed by atoms with van der Waals surface area (Å²) in [5.41, 5.74) is 19.5. The van der Waals surface area contributed by atoms with E-state index >= 15 is 0 Å². The van der Waals surface area contributed by atoms with E-state index in [0.29, 0.717) is 0 Å². The van der Waals surface area contributed by atoms with Crippen molar-refractivity contribution >= 4 is 58.3 Å². The second-order valence-electron chi connectivity index (χ2n) is 15.9. The van der Waals surface area contributed by atoms with Crippen molar-refractivity contribution in [2.45, 2.75) is 32.2 Å². The Bertz CT molecular complexity index is 2860. The minimum Gasteiger partial charge on any atom is -0.373 e. The fourth-order valence-corrected chi connectivity index (χ4v) is 10.8. The van der Waals surface area contributed by atoms with Crippen molar-refractivity contribution in [3.63, 3.8) is 0 Å². The lowest BCUT2D eigenvalue weighted by Crippen LogP contribution is -2.25. The normalized spacial score (nSPS) is 16.9. The molecule has 3 aliphatic rings. The summed E-state index contributed by atoms with van der Waals surface area (Å²) >= 11 is 0. The van der Waals surface area contributed by atoms with Crippen molar-refractivity contribution in [3.05, 3.63) is 243 Å². The van der Waals surface area contributed by atoms with Crippen molar-refractivity contribution in [3.8, 4) is 0 Å². The summed E-state index contributed by atoms with van der Waals surface area (Å²) in [6.45, 7) is 9.20. The molecule has 0 amide bonds. The van der Waals surface area contributed by atoms with Gasteiger partial charge in [0.2, 0.25) is 0 Å². The van der Waals surface area contributed by atoms with Crippen LogP contribution in [0.1, 0.15) is 62.5 Å². The van der Waals surface area contributed by atoms with Crippen LogP contribution < -0.4 is 15.9 Å². The van der Waals surface area contributed by atoms with Crippen molar-refractivity contribution in [2.75, 3.05) is 12.0 Å². The summed E-state index contributed by atoms with van der Waals surface area (Å²) in [6.07, 6.45) is 12.0. The highest BCUT2D eigenvalue weighted by atomic mass is 31.1. The topological polar surface area (TPSA) is 12.0 Å². The molecular weight excluding hydrogens is 718 g/mol. The molecule has 1 heterocycles. The Hall–Kier alpha value is -6.27. The second-order valence-corrected chi connectivity index (χ2v) is 18.0. The molecule has 1 nitrogen and oxygen atoms in total. The van der Waals surface area contributed by atoms with E-state index in [1.807, 2.05) is 0 Å². The van der Waals surface area contributed by atoms with E-state index < -0.39 is 7.92 Å². The van der Waals surface area contributed by atoms with Crippen LogP contribution in [0.2, 0.25) is 0 Å². The molecule has 7 aromatic rings. The lowest BCUT2D eigenvalue weighted by atomic mass is 9.75. The highest BCUT2D eigenvalue weighted by Gasteiger charge is 2.33. The molecule has 2 unspecified atom stereocenters. The van der Waals surface area contributed by atoms with Gasteiger partial charge in [-0.15, -0.1) is 0 Å². The van der Waals surface area contributed by atoms with Crippen LogP contribution in [0.4, 0.5) is 5.69 Å². The van der Waals surface area contributed by atoms with Crippen molar-refractivity contribution < 1.29 is 0 Å². The van der Waals surface area contributed by atoms with Crippen molar-refractivity contribution in [2.24, 2.45) is 0 Å². The first-order chi connectivity index (χ1) is 28.5. The molecule has 0 radical (unpaired) electrons. The molecule has 10 rings (SSSR count). The molecule has 2 aliphatic carbocycles. The quantitative estimate of drug-likeness (QED) is 0.126. The van der Waals surface area contributed by atoms with E-state index in [-0.39, 0.29) is 6.04 Å². The van der Waals surface area contributed by atoms with Gasteiger partial charge < -0.3 is 5.32 Å². The van der Waals surface area contributed by atoms with Gasteiger partial charge in [0.25, 0.3) is 0 Å². The monoisotopic (exact) mass is 763 g/mol. The maximum atomic E-state index is 4.64. The van der Waals surface area contributed by atoms with Crippen LogP contribution in [0.3, 0.4) is 0 Å². The summed E-state index contributed by atoms with van der Waals surface area (Å²) in [4.78, 5) is 0. The van der Waals surface area contributed by atoms with Crippen LogP contribution in [0.5, 0.6) is 0 Å². The van der Waals surface area contributed by atoms with Crippen LogP contribution in [0.15, 0.2) is 193 Å². The number of allylic oxidation sites excluding steroid dienone is 5. The van der Waals surface area contributed by atoms with Crippen LogP contribution in [0, 0.1) is 6.92 Å². The second kappa shape index (κ2) is 15.2. The van der Waals surface area contributed by atoms with Crippen LogP contribution in [0.25, 0.3) is 34.1 Å². The number of fused-ring (bicyclic) bond motifs is 7. The average Bonchev–Trinajstić information content (AvgIpc) is 3.28. The van der Waals surface area contributed by atoms with Gasteiger partial charge in [-0.25, -0.2) is 0 Å². The zero-order valence-electron chi connectivity index (χ0n) is 33.2. The first kappa shape index (κ1) is 36.1. The van der Waals surface area contributed by atoms with E-state index in [9.17, 15) is 0 Å². The molecule has 2 heteroatoms. The molecule has 7 aromatic carbocycles. The SMILES string of the molecule is C=C(/C=C\c1ccccc1C)/C(=C1/C=Cc2ccccc2C1)c1ccc(P(C)c2ccc(C3=C4CCc5ccccc5C4Nc4c3ccc3ccccc43)cc2)cc1. The Labute approximate surface area is 344 Å². The first-order valence-electron chi connectivity index (χ1n) is 20.5. The van der Waals surface area contributed by atoms with Gasteiger partial charge in [0.1, 0.15) is 0 Å². The molecule has 0 aromatic heterocycles. The molecule has 0 spiro atoms. The van der Waals surface area contributed by atoms with E-state index in [1.54, 1.807) is 0 Å². The van der Waals surface area contributed by atoms with Gasteiger partial charge >= 0.3 is 0 Å². The van der Waals surface area contributed by atoms with E-state index in [4.69, 9.17) is 0 Å². The predicted molar refractivity (Wildman–Crippen MR) is 252 cm³/mol. The Balaban J connectivity index is 0.976. The average molecular weight is 764 g/mol. The fourth-order valence-electron chi connectivity index (χ4n) is 9.33. The predicted octanol–water partition coefficient (Wildman–Crippen LogP) is 13.4. The molecule has 0 fully saturated rings. The number of nitrogens with one attached hydrogen (secondary N) is 1. The number of rotatable bonds is 7. The third-order valence-corrected chi connectivity index (χ3v) is 14.6. The van der Waals surface area contributed by atoms with Crippen LogP contribution >= 0.6 is 7.92 Å². The Morgan fingerprint density at radius 3 is 2.22 bits per heavy atom. The number of hydrogen-bond donors (Lipinski definition) is 1. The van der Waals surface area contributed by atoms with Gasteiger partial charge in [0.15, 0.2) is 0 Å². The molecule has 1 N–H and O–H groups in total. The molecular formula is C56H46NP. The van der Waals surface area contributed by atoms with Gasteiger partial charge in [0.05, 0.1) is 11.7 Å². The maximum Gasteiger partial charge on any atom is 0.0739 e. The van der Waals surface area contributed by atoms with Crippen molar-refractivity contribution in [1.82, 2.24) is 0 Å². The van der Waals surface area contributed by atoms with Gasteiger partial charge in [0, 0.05) is 10.9 Å². The molecule has 0 saturated heterocycles. The summed E-state index contributed by atoms with van der Waals surface area (Å²) in [7, 11) is -0.559. The standard InChI is InChI=1S/C56H46NP/c1-37-12-4-5-13-39(37)21-20-38(2)53(46-23-22-40-14-6-7-17-45(40)36-46)43-24-30-47(31-25-43)58(3)48-32-26-44(27-33-48)54-51-34-28-41-15-8-10-18-49(41)55(51)57-56-50-19-11-9-16-42(50)29-35-52(54)56/h4-28,30-34,56-57H,2,29,35-36H2,1,3H3/b21-20-,53-46+. The number of benzene rings is 7. The van der Waals surface area contributed by atoms with Gasteiger partial charge in [-0.1, -0.05) is 189 Å². The molecule has 58 heavy (non-hydrogen) atoms. The lowest BCUT2D eigenvalue weighted by Gasteiger charge is -2.37. The Kier molecular flexibility index (Phi) is 9.49. The largest absolute Gasteiger partial charge is 0.373 e. The molecule has 2 atom stereocenters. The minimum atomic E-state index is -0.559. The summed E-state index contributed by atoms with van der Waals surface area (Å²) in [5, 5.41) is 9.34. The van der Waals surface area contributed by atoms with Crippen LogP contribution in [-0.4, -0.2) is 6.66 Å². The van der Waals surface area contributed by atoms with Gasteiger partial charge in [-0.05, 0) is 129 Å². The van der Waals surface area contributed by atoms with E-state index in [2.05, 4.69) is 208 Å². The summed E-state index contributed by atoms with van der Waals surface area (Å²) in [6, 6.07) is 58.7. The van der Waals surface area contributed by atoms with Crippen LogP contribution in [-0.2, 0) is 12.8 Å². The number of anilines is 1. The van der Waals surface area contributed by atoms with E-state index in [0.717, 1.165) is 24.8 Å². The molecule has 1 aliphatic heterocycles. The summed E-state index contributed by atoms with van der Waals surface area (Å²) in [5.74, 6) is 0. The molecule has 280 valence electrons. The van der Waals surface area contributed by atoms with Gasteiger partial charge in [-0.3, -0.25) is 0 Å². The zero-order chi connectivity index (χ0) is 39.2. The highest BCUT2D eigenvalue weighted by molar-refractivity contribution is 7.72. The minimum absolute atomic E-state index is 0.174. The third-order valence-electron chi connectivity index (χ3n) is 12.5. The number of aryl methyl sites for hydroxylation is 2. The van der Waals surface area contributed by atoms with E-state index in [1.165, 1.54) is 99.4 Å². The Morgan fingerprint density at radius 2 is 1.40 bits per heavy atom.